The summed E-state index contributed by atoms with van der Waals surface area (Å²) in [5.41, 5.74) is 5.25. The van der Waals surface area contributed by atoms with E-state index in [4.69, 9.17) is 10.9 Å². The minimum absolute atomic E-state index is 0.210. The normalized spacial score (nSPS) is 13.1. The first-order chi connectivity index (χ1) is 6.45. The van der Waals surface area contributed by atoms with Gasteiger partial charge in [-0.3, -0.25) is 0 Å². The number of oxime groups is 1. The molecule has 0 aromatic carbocycles. The summed E-state index contributed by atoms with van der Waals surface area (Å²) in [4.78, 5) is 0. The van der Waals surface area contributed by atoms with Crippen LogP contribution in [0, 0.1) is 0 Å². The Kier molecular flexibility index (Phi) is 6.73. The highest BCUT2D eigenvalue weighted by molar-refractivity contribution is 8.00. The van der Waals surface area contributed by atoms with Gasteiger partial charge < -0.3 is 10.9 Å². The van der Waals surface area contributed by atoms with Crippen molar-refractivity contribution in [2.24, 2.45) is 10.9 Å². The highest BCUT2D eigenvalue weighted by Gasteiger charge is 2.01. The van der Waals surface area contributed by atoms with Crippen molar-refractivity contribution in [3.05, 3.63) is 0 Å². The number of thioether (sulfide) groups is 1. The summed E-state index contributed by atoms with van der Waals surface area (Å²) in [5.74, 6) is 1.86. The summed E-state index contributed by atoms with van der Waals surface area (Å²) in [5, 5.41) is 11.1. The van der Waals surface area contributed by atoms with Crippen molar-refractivity contribution < 1.29 is 13.6 Å². The van der Waals surface area contributed by atoms with E-state index in [1.807, 2.05) is 0 Å². The highest BCUT2D eigenvalue weighted by atomic mass is 32.2. The molecule has 0 rings (SSSR count). The molecule has 0 unspecified atom stereocenters. The third kappa shape index (κ3) is 9.66. The fraction of sp³-hybridized carbons (Fsp3) is 0.857. The average molecular weight is 240 g/mol. The number of nitrogens with zero attached hydrogens (tertiary/aromatic N) is 1. The molecule has 0 aliphatic rings. The van der Waals surface area contributed by atoms with E-state index in [1.54, 1.807) is 11.8 Å². The lowest BCUT2D eigenvalue weighted by Crippen LogP contribution is -2.11. The first kappa shape index (κ1) is 13.6. The summed E-state index contributed by atoms with van der Waals surface area (Å²) in [7, 11) is -2.84. The van der Waals surface area contributed by atoms with Gasteiger partial charge in [-0.25, -0.2) is 8.42 Å². The van der Waals surface area contributed by atoms with Gasteiger partial charge in [0, 0.05) is 18.4 Å². The maximum atomic E-state index is 10.7. The van der Waals surface area contributed by atoms with Crippen LogP contribution in [0.3, 0.4) is 0 Å². The Morgan fingerprint density at radius 2 is 2.14 bits per heavy atom. The molecule has 0 aromatic heterocycles. The molecule has 0 aromatic rings. The van der Waals surface area contributed by atoms with E-state index in [9.17, 15) is 8.42 Å². The largest absolute Gasteiger partial charge is 0.409 e. The SMILES string of the molecule is CS(=O)(=O)CCSCCCC(N)=NO. The van der Waals surface area contributed by atoms with Crippen LogP contribution in [0.25, 0.3) is 0 Å². The van der Waals surface area contributed by atoms with Gasteiger partial charge in [-0.05, 0) is 12.2 Å². The number of amidine groups is 1. The molecule has 84 valence electrons. The third-order valence-corrected chi connectivity index (χ3v) is 3.72. The van der Waals surface area contributed by atoms with E-state index in [1.165, 1.54) is 6.26 Å². The fourth-order valence-corrected chi connectivity index (χ4v) is 2.95. The zero-order valence-electron chi connectivity index (χ0n) is 8.14. The van der Waals surface area contributed by atoms with Crippen LogP contribution in [0.2, 0.25) is 0 Å². The Labute approximate surface area is 88.7 Å². The topological polar surface area (TPSA) is 92.8 Å². The van der Waals surface area contributed by atoms with Crippen LogP contribution in [0.5, 0.6) is 0 Å². The summed E-state index contributed by atoms with van der Waals surface area (Å²) >= 11 is 1.56. The molecule has 3 N–H and O–H groups in total. The van der Waals surface area contributed by atoms with Gasteiger partial charge >= 0.3 is 0 Å². The maximum Gasteiger partial charge on any atom is 0.148 e. The van der Waals surface area contributed by atoms with Crippen LogP contribution < -0.4 is 5.73 Å². The maximum absolute atomic E-state index is 10.7. The molecule has 7 heteroatoms. The van der Waals surface area contributed by atoms with Crippen LogP contribution in [0.4, 0.5) is 0 Å². The predicted molar refractivity (Wildman–Crippen MR) is 59.7 cm³/mol. The monoisotopic (exact) mass is 240 g/mol. The molecule has 0 saturated carbocycles. The van der Waals surface area contributed by atoms with Crippen molar-refractivity contribution in [2.75, 3.05) is 23.5 Å². The number of rotatable bonds is 7. The Morgan fingerprint density at radius 1 is 1.50 bits per heavy atom. The molecule has 0 amide bonds. The van der Waals surface area contributed by atoms with E-state index in [2.05, 4.69) is 5.16 Å². The molecule has 0 radical (unpaired) electrons. The Balaban J connectivity index is 3.31. The predicted octanol–water partition coefficient (Wildman–Crippen LogP) is 0.291. The van der Waals surface area contributed by atoms with Gasteiger partial charge in [-0.2, -0.15) is 11.8 Å². The number of nitrogens with two attached hydrogens (primary N) is 1. The molecule has 0 saturated heterocycles. The first-order valence-electron chi connectivity index (χ1n) is 4.17. The lowest BCUT2D eigenvalue weighted by atomic mass is 10.3. The van der Waals surface area contributed by atoms with Crippen molar-refractivity contribution in [1.29, 1.82) is 0 Å². The second kappa shape index (κ2) is 6.94. The number of hydrogen-bond acceptors (Lipinski definition) is 5. The molecule has 14 heavy (non-hydrogen) atoms. The lowest BCUT2D eigenvalue weighted by Gasteiger charge is -2.00. The van der Waals surface area contributed by atoms with E-state index in [-0.39, 0.29) is 11.6 Å². The standard InChI is InChI=1S/C7H16N2O3S2/c1-14(11,12)6-5-13-4-2-3-7(8)9-10/h10H,2-6H2,1H3,(H2,8,9). The molecular weight excluding hydrogens is 224 g/mol. The van der Waals surface area contributed by atoms with Crippen molar-refractivity contribution in [3.8, 4) is 0 Å². The van der Waals surface area contributed by atoms with Crippen LogP contribution in [0.1, 0.15) is 12.8 Å². The molecule has 0 bridgehead atoms. The van der Waals surface area contributed by atoms with Gasteiger partial charge in [-0.15, -0.1) is 0 Å². The fourth-order valence-electron chi connectivity index (χ4n) is 0.718. The van der Waals surface area contributed by atoms with Crippen molar-refractivity contribution in [2.45, 2.75) is 12.8 Å². The average Bonchev–Trinajstić information content (AvgIpc) is 2.08. The van der Waals surface area contributed by atoms with E-state index in [0.29, 0.717) is 12.2 Å². The van der Waals surface area contributed by atoms with Gasteiger partial charge in [0.25, 0.3) is 0 Å². The third-order valence-electron chi connectivity index (χ3n) is 1.45. The first-order valence-corrected chi connectivity index (χ1v) is 7.39. The summed E-state index contributed by atoms with van der Waals surface area (Å²) < 4.78 is 21.5. The Bertz CT molecular complexity index is 275. The molecule has 0 aliphatic heterocycles. The quantitative estimate of drug-likeness (QED) is 0.219. The summed E-state index contributed by atoms with van der Waals surface area (Å²) in [6, 6.07) is 0. The second-order valence-corrected chi connectivity index (χ2v) is 6.42. The van der Waals surface area contributed by atoms with Gasteiger partial charge in [0.15, 0.2) is 0 Å². The molecular formula is C7H16N2O3S2. The van der Waals surface area contributed by atoms with Crippen molar-refractivity contribution >= 4 is 27.4 Å². The number of hydrogen-bond donors (Lipinski definition) is 2. The van der Waals surface area contributed by atoms with Crippen LogP contribution in [-0.4, -0.2) is 43.0 Å². The smallest absolute Gasteiger partial charge is 0.148 e. The lowest BCUT2D eigenvalue weighted by molar-refractivity contribution is 0.317. The summed E-state index contributed by atoms with van der Waals surface area (Å²) in [6.07, 6.45) is 2.57. The number of sulfone groups is 1. The van der Waals surface area contributed by atoms with Crippen LogP contribution >= 0.6 is 11.8 Å². The van der Waals surface area contributed by atoms with E-state index in [0.717, 1.165) is 12.2 Å². The van der Waals surface area contributed by atoms with E-state index >= 15 is 0 Å². The minimum atomic E-state index is -2.84. The molecule has 0 atom stereocenters. The van der Waals surface area contributed by atoms with Gasteiger partial charge in [-0.1, -0.05) is 5.16 Å². The minimum Gasteiger partial charge on any atom is -0.409 e. The van der Waals surface area contributed by atoms with Gasteiger partial charge in [0.1, 0.15) is 15.7 Å². The second-order valence-electron chi connectivity index (χ2n) is 2.94. The van der Waals surface area contributed by atoms with Crippen LogP contribution in [0.15, 0.2) is 5.16 Å². The zero-order valence-corrected chi connectivity index (χ0v) is 9.77. The van der Waals surface area contributed by atoms with Crippen molar-refractivity contribution in [1.82, 2.24) is 0 Å². The highest BCUT2D eigenvalue weighted by Crippen LogP contribution is 2.05. The van der Waals surface area contributed by atoms with E-state index < -0.39 is 9.84 Å². The molecule has 0 aliphatic carbocycles. The molecule has 5 nitrogen and oxygen atoms in total. The van der Waals surface area contributed by atoms with Gasteiger partial charge in [0.2, 0.25) is 0 Å². The van der Waals surface area contributed by atoms with Crippen LogP contribution in [-0.2, 0) is 9.84 Å². The Morgan fingerprint density at radius 3 is 2.64 bits per heavy atom. The summed E-state index contributed by atoms with van der Waals surface area (Å²) in [6.45, 7) is 0. The van der Waals surface area contributed by atoms with Gasteiger partial charge in [0.05, 0.1) is 5.75 Å². The van der Waals surface area contributed by atoms with Crippen molar-refractivity contribution in [3.63, 3.8) is 0 Å². The molecule has 0 fully saturated rings. The zero-order chi connectivity index (χ0) is 11.0. The Hall–Kier alpha value is -0.430. The molecule has 0 heterocycles. The molecule has 0 spiro atoms.